The number of halogens is 2. The second-order valence-electron chi connectivity index (χ2n) is 5.54. The number of hydrogen-bond donors (Lipinski definition) is 2. The molecular formula is C18H26FIN4OS. The maximum atomic E-state index is 12.8. The quantitative estimate of drug-likeness (QED) is 0.242. The van der Waals surface area contributed by atoms with Crippen molar-refractivity contribution in [2.75, 3.05) is 26.7 Å². The first-order valence-electron chi connectivity index (χ1n) is 8.41. The molecule has 0 saturated heterocycles. The largest absolute Gasteiger partial charge is 0.494 e. The molecule has 26 heavy (non-hydrogen) atoms. The molecule has 1 heterocycles. The van der Waals surface area contributed by atoms with Gasteiger partial charge in [-0.2, -0.15) is 0 Å². The van der Waals surface area contributed by atoms with Gasteiger partial charge in [-0.05, 0) is 44.0 Å². The summed E-state index contributed by atoms with van der Waals surface area (Å²) in [6, 6.07) is 6.09. The lowest BCUT2D eigenvalue weighted by Crippen LogP contribution is -2.38. The van der Waals surface area contributed by atoms with E-state index in [0.717, 1.165) is 49.0 Å². The number of aromatic nitrogens is 1. The Balaban J connectivity index is 0.00000338. The molecule has 0 aliphatic carbocycles. The Bertz CT molecular complexity index is 663. The van der Waals surface area contributed by atoms with Crippen LogP contribution in [0.5, 0.6) is 5.75 Å². The van der Waals surface area contributed by atoms with Gasteiger partial charge in [-0.1, -0.05) is 0 Å². The number of unbranched alkanes of at least 4 members (excludes halogenated alkanes) is 1. The van der Waals surface area contributed by atoms with Gasteiger partial charge in [0, 0.05) is 31.9 Å². The van der Waals surface area contributed by atoms with Crippen LogP contribution in [-0.4, -0.2) is 37.7 Å². The van der Waals surface area contributed by atoms with E-state index in [1.54, 1.807) is 30.5 Å². The van der Waals surface area contributed by atoms with Gasteiger partial charge < -0.3 is 15.4 Å². The standard InChI is InChI=1S/C18H25FN4OS.HI/c1-14-23-16(13-25-14)9-11-22-18(20-2)21-10-3-4-12-24-17-7-5-15(19)6-8-17;/h5-8,13H,3-4,9-12H2,1-2H3,(H2,20,21,22);1H. The van der Waals surface area contributed by atoms with Crippen molar-refractivity contribution in [1.29, 1.82) is 0 Å². The lowest BCUT2D eigenvalue weighted by Gasteiger charge is -2.11. The van der Waals surface area contributed by atoms with Gasteiger partial charge in [0.2, 0.25) is 0 Å². The Morgan fingerprint density at radius 1 is 1.19 bits per heavy atom. The van der Waals surface area contributed by atoms with Gasteiger partial charge in [0.25, 0.3) is 0 Å². The summed E-state index contributed by atoms with van der Waals surface area (Å²) in [7, 11) is 1.76. The Labute approximate surface area is 175 Å². The Morgan fingerprint density at radius 3 is 2.58 bits per heavy atom. The van der Waals surface area contributed by atoms with Crippen LogP contribution in [0.3, 0.4) is 0 Å². The fraction of sp³-hybridized carbons (Fsp3) is 0.444. The fourth-order valence-corrected chi connectivity index (χ4v) is 2.85. The van der Waals surface area contributed by atoms with Crippen LogP contribution in [-0.2, 0) is 6.42 Å². The molecule has 0 amide bonds. The molecule has 0 saturated carbocycles. The maximum absolute atomic E-state index is 12.8. The van der Waals surface area contributed by atoms with Crippen molar-refractivity contribution in [1.82, 2.24) is 15.6 Å². The average Bonchev–Trinajstić information content (AvgIpc) is 3.03. The lowest BCUT2D eigenvalue weighted by molar-refractivity contribution is 0.306. The van der Waals surface area contributed by atoms with E-state index in [1.807, 2.05) is 6.92 Å². The number of aliphatic imine (C=N–C) groups is 1. The number of guanidine groups is 1. The molecule has 5 nitrogen and oxygen atoms in total. The van der Waals surface area contributed by atoms with Crippen molar-refractivity contribution >= 4 is 41.3 Å². The van der Waals surface area contributed by atoms with Crippen molar-refractivity contribution in [3.63, 3.8) is 0 Å². The second kappa shape index (κ2) is 12.9. The lowest BCUT2D eigenvalue weighted by atomic mass is 10.3. The van der Waals surface area contributed by atoms with Gasteiger partial charge >= 0.3 is 0 Å². The molecular weight excluding hydrogens is 466 g/mol. The van der Waals surface area contributed by atoms with E-state index in [-0.39, 0.29) is 29.8 Å². The average molecular weight is 492 g/mol. The van der Waals surface area contributed by atoms with Crippen molar-refractivity contribution in [2.24, 2.45) is 4.99 Å². The van der Waals surface area contributed by atoms with Crippen LogP contribution in [0.25, 0.3) is 0 Å². The Morgan fingerprint density at radius 2 is 1.92 bits per heavy atom. The third kappa shape index (κ3) is 8.79. The zero-order valence-electron chi connectivity index (χ0n) is 15.1. The summed E-state index contributed by atoms with van der Waals surface area (Å²) in [5.41, 5.74) is 1.11. The van der Waals surface area contributed by atoms with Gasteiger partial charge in [0.1, 0.15) is 11.6 Å². The highest BCUT2D eigenvalue weighted by Crippen LogP contribution is 2.11. The van der Waals surface area contributed by atoms with Crippen LogP contribution in [0.2, 0.25) is 0 Å². The number of aryl methyl sites for hydroxylation is 1. The van der Waals surface area contributed by atoms with E-state index >= 15 is 0 Å². The summed E-state index contributed by atoms with van der Waals surface area (Å²) in [5.74, 6) is 1.25. The number of hydrogen-bond acceptors (Lipinski definition) is 4. The van der Waals surface area contributed by atoms with E-state index in [1.165, 1.54) is 12.1 Å². The molecule has 2 rings (SSSR count). The molecule has 1 aromatic heterocycles. The molecule has 0 bridgehead atoms. The number of nitrogens with zero attached hydrogens (tertiary/aromatic N) is 2. The first kappa shape index (κ1) is 22.6. The number of ether oxygens (including phenoxy) is 1. The van der Waals surface area contributed by atoms with Crippen molar-refractivity contribution < 1.29 is 9.13 Å². The summed E-state index contributed by atoms with van der Waals surface area (Å²) < 4.78 is 18.4. The number of rotatable bonds is 9. The minimum atomic E-state index is -0.250. The molecule has 1 aromatic carbocycles. The summed E-state index contributed by atoms with van der Waals surface area (Å²) >= 11 is 1.67. The van der Waals surface area contributed by atoms with Gasteiger partial charge in [-0.3, -0.25) is 4.99 Å². The van der Waals surface area contributed by atoms with Crippen LogP contribution in [0.15, 0.2) is 34.6 Å². The van der Waals surface area contributed by atoms with Crippen LogP contribution in [0.4, 0.5) is 4.39 Å². The van der Waals surface area contributed by atoms with Gasteiger partial charge in [-0.25, -0.2) is 9.37 Å². The molecule has 8 heteroatoms. The Hall–Kier alpha value is -1.42. The molecule has 144 valence electrons. The molecule has 0 aliphatic rings. The van der Waals surface area contributed by atoms with Crippen LogP contribution < -0.4 is 15.4 Å². The highest BCUT2D eigenvalue weighted by molar-refractivity contribution is 14.0. The summed E-state index contributed by atoms with van der Waals surface area (Å²) in [6.07, 6.45) is 2.77. The van der Waals surface area contributed by atoms with Gasteiger partial charge in [0.15, 0.2) is 5.96 Å². The van der Waals surface area contributed by atoms with Crippen molar-refractivity contribution in [3.05, 3.63) is 46.2 Å². The maximum Gasteiger partial charge on any atom is 0.190 e. The minimum Gasteiger partial charge on any atom is -0.494 e. The topological polar surface area (TPSA) is 58.5 Å². The van der Waals surface area contributed by atoms with Gasteiger partial charge in [-0.15, -0.1) is 35.3 Å². The van der Waals surface area contributed by atoms with Crippen LogP contribution in [0, 0.1) is 12.7 Å². The highest BCUT2D eigenvalue weighted by atomic mass is 127. The monoisotopic (exact) mass is 492 g/mol. The fourth-order valence-electron chi connectivity index (χ4n) is 2.21. The summed E-state index contributed by atoms with van der Waals surface area (Å²) in [6.45, 7) is 4.25. The molecule has 0 atom stereocenters. The number of nitrogens with one attached hydrogen (secondary N) is 2. The van der Waals surface area contributed by atoms with E-state index in [2.05, 4.69) is 26.0 Å². The van der Waals surface area contributed by atoms with Gasteiger partial charge in [0.05, 0.1) is 17.3 Å². The van der Waals surface area contributed by atoms with Crippen molar-refractivity contribution in [2.45, 2.75) is 26.2 Å². The minimum absolute atomic E-state index is 0. The van der Waals surface area contributed by atoms with Crippen molar-refractivity contribution in [3.8, 4) is 5.75 Å². The van der Waals surface area contributed by atoms with Crippen LogP contribution in [0.1, 0.15) is 23.5 Å². The predicted molar refractivity (Wildman–Crippen MR) is 116 cm³/mol. The SMILES string of the molecule is CN=C(NCCCCOc1ccc(F)cc1)NCCc1csc(C)n1.I. The molecule has 0 aliphatic heterocycles. The summed E-state index contributed by atoms with van der Waals surface area (Å²) in [5, 5.41) is 9.76. The molecule has 0 fully saturated rings. The molecule has 2 N–H and O–H groups in total. The molecule has 0 spiro atoms. The Kier molecular flexibility index (Phi) is 11.2. The molecule has 2 aromatic rings. The molecule has 0 radical (unpaired) electrons. The van der Waals surface area contributed by atoms with Crippen LogP contribution >= 0.6 is 35.3 Å². The zero-order valence-corrected chi connectivity index (χ0v) is 18.3. The first-order chi connectivity index (χ1) is 12.2. The van der Waals surface area contributed by atoms with E-state index in [0.29, 0.717) is 12.4 Å². The van der Waals surface area contributed by atoms with E-state index < -0.39 is 0 Å². The normalized spacial score (nSPS) is 11.0. The van der Waals surface area contributed by atoms with E-state index in [4.69, 9.17) is 4.74 Å². The third-order valence-corrected chi connectivity index (χ3v) is 4.33. The summed E-state index contributed by atoms with van der Waals surface area (Å²) in [4.78, 5) is 8.65. The second-order valence-corrected chi connectivity index (χ2v) is 6.61. The molecule has 0 unspecified atom stereocenters. The first-order valence-corrected chi connectivity index (χ1v) is 9.29. The zero-order chi connectivity index (χ0) is 17.9. The third-order valence-electron chi connectivity index (χ3n) is 3.51. The highest BCUT2D eigenvalue weighted by Gasteiger charge is 2.01. The smallest absolute Gasteiger partial charge is 0.190 e. The van der Waals surface area contributed by atoms with E-state index in [9.17, 15) is 4.39 Å². The number of thiazole rings is 1. The predicted octanol–water partition coefficient (Wildman–Crippen LogP) is 3.78. The number of benzene rings is 1.